The van der Waals surface area contributed by atoms with Crippen molar-refractivity contribution in [3.63, 3.8) is 0 Å². The number of benzene rings is 1. The Hall–Kier alpha value is -0.644. The van der Waals surface area contributed by atoms with Crippen LogP contribution in [0.15, 0.2) is 41.6 Å². The number of pyridine rings is 1. The third-order valence-corrected chi connectivity index (χ3v) is 3.82. The Morgan fingerprint density at radius 3 is 2.65 bits per heavy atom. The van der Waals surface area contributed by atoms with Crippen molar-refractivity contribution >= 4 is 23.5 Å². The Morgan fingerprint density at radius 1 is 1.22 bits per heavy atom. The molecule has 23 heavy (non-hydrogen) atoms. The Bertz CT molecular complexity index is 728. The summed E-state index contributed by atoms with van der Waals surface area (Å²) in [7, 11) is 0. The molecular weight excluding hydrogens is 351 g/mol. The molecule has 0 atom stereocenters. The van der Waals surface area contributed by atoms with Gasteiger partial charge in [-0.25, -0.2) is 13.8 Å². The van der Waals surface area contributed by atoms with Crippen molar-refractivity contribution in [3.8, 4) is 0 Å². The summed E-state index contributed by atoms with van der Waals surface area (Å²) in [5.74, 6) is -3.15. The number of rotatable bonds is 6. The Balaban J connectivity index is 0.00000264. The minimum Gasteiger partial charge on any atom is -0.545 e. The van der Waals surface area contributed by atoms with Crippen molar-refractivity contribution in [3.05, 3.63) is 59.3 Å². The second-order valence-electron chi connectivity index (χ2n) is 4.38. The van der Waals surface area contributed by atoms with Crippen LogP contribution in [0, 0.1) is 11.6 Å². The third kappa shape index (κ3) is 6.05. The number of carboxylic acids is 1. The SMILES string of the molecule is O=C(CSc1ncccc1C(=O)[O-])Cc1cc(F)ccc1F.[K+]. The number of ketones is 1. The molecule has 0 N–H and O–H groups in total. The molecule has 0 fully saturated rings. The van der Waals surface area contributed by atoms with Crippen LogP contribution in [0.3, 0.4) is 0 Å². The zero-order valence-electron chi connectivity index (χ0n) is 12.2. The van der Waals surface area contributed by atoms with Crippen LogP contribution in [0.25, 0.3) is 0 Å². The van der Waals surface area contributed by atoms with E-state index in [1.807, 2.05) is 0 Å². The minimum atomic E-state index is -1.39. The Kier molecular flexibility index (Phi) is 8.52. The average molecular weight is 361 g/mol. The van der Waals surface area contributed by atoms with E-state index < -0.39 is 17.6 Å². The number of aromatic carboxylic acids is 1. The van der Waals surface area contributed by atoms with Crippen LogP contribution in [0.5, 0.6) is 0 Å². The number of Topliss-reactive ketones (excluding diaryl/α,β-unsaturated/α-hetero) is 1. The molecule has 114 valence electrons. The van der Waals surface area contributed by atoms with Crippen molar-refractivity contribution in [2.45, 2.75) is 11.4 Å². The van der Waals surface area contributed by atoms with Crippen LogP contribution in [0.2, 0.25) is 0 Å². The van der Waals surface area contributed by atoms with E-state index in [1.54, 1.807) is 0 Å². The van der Waals surface area contributed by atoms with Crippen LogP contribution < -0.4 is 56.5 Å². The molecule has 0 amide bonds. The molecule has 0 bridgehead atoms. The fraction of sp³-hybridized carbons (Fsp3) is 0.133. The van der Waals surface area contributed by atoms with Crippen molar-refractivity contribution in [2.24, 2.45) is 0 Å². The number of hydrogen-bond acceptors (Lipinski definition) is 5. The van der Waals surface area contributed by atoms with Gasteiger partial charge in [0.15, 0.2) is 0 Å². The molecule has 0 aliphatic heterocycles. The summed E-state index contributed by atoms with van der Waals surface area (Å²) in [6, 6.07) is 5.65. The maximum absolute atomic E-state index is 13.4. The molecular formula is C15H10F2KNO3S. The van der Waals surface area contributed by atoms with Gasteiger partial charge in [0.2, 0.25) is 0 Å². The first-order valence-electron chi connectivity index (χ1n) is 6.22. The van der Waals surface area contributed by atoms with Crippen LogP contribution in [0.1, 0.15) is 15.9 Å². The van der Waals surface area contributed by atoms with E-state index in [9.17, 15) is 23.5 Å². The molecule has 4 nitrogen and oxygen atoms in total. The first-order valence-corrected chi connectivity index (χ1v) is 7.20. The molecule has 8 heteroatoms. The zero-order chi connectivity index (χ0) is 16.1. The van der Waals surface area contributed by atoms with Gasteiger partial charge < -0.3 is 9.90 Å². The maximum atomic E-state index is 13.4. The number of halogens is 2. The molecule has 2 aromatic rings. The summed E-state index contributed by atoms with van der Waals surface area (Å²) in [4.78, 5) is 26.6. The quantitative estimate of drug-likeness (QED) is 0.469. The van der Waals surface area contributed by atoms with Gasteiger partial charge in [0, 0.05) is 18.2 Å². The smallest absolute Gasteiger partial charge is 0.545 e. The Labute approximate surface area is 178 Å². The van der Waals surface area contributed by atoms with Gasteiger partial charge in [0.05, 0.1) is 11.7 Å². The molecule has 1 aromatic carbocycles. The maximum Gasteiger partial charge on any atom is 1.00 e. The number of carboxylic acid groups (broad SMARTS) is 1. The standard InChI is InChI=1S/C15H11F2NO3S.K/c16-10-3-4-13(17)9(6-10)7-11(19)8-22-14-12(15(20)21)2-1-5-18-14;/h1-6H,7-8H2,(H,20,21);/q;+1/p-1. The summed E-state index contributed by atoms with van der Waals surface area (Å²) in [6.07, 6.45) is 1.12. The topological polar surface area (TPSA) is 70.1 Å². The summed E-state index contributed by atoms with van der Waals surface area (Å²) >= 11 is 0.915. The van der Waals surface area contributed by atoms with Crippen LogP contribution in [-0.4, -0.2) is 22.5 Å². The molecule has 0 radical (unpaired) electrons. The predicted octanol–water partition coefficient (Wildman–Crippen LogP) is -1.37. The van der Waals surface area contributed by atoms with E-state index in [0.717, 1.165) is 30.0 Å². The fourth-order valence-electron chi connectivity index (χ4n) is 1.75. The number of aromatic nitrogens is 1. The number of nitrogens with zero attached hydrogens (tertiary/aromatic N) is 1. The number of carbonyl (C=O) groups is 2. The van der Waals surface area contributed by atoms with Gasteiger partial charge in [0.1, 0.15) is 22.4 Å². The summed E-state index contributed by atoms with van der Waals surface area (Å²) in [5.41, 5.74) is -0.149. The molecule has 2 rings (SSSR count). The van der Waals surface area contributed by atoms with E-state index in [1.165, 1.54) is 18.3 Å². The molecule has 0 unspecified atom stereocenters. The number of hydrogen-bond donors (Lipinski definition) is 0. The molecule has 0 saturated carbocycles. The third-order valence-electron chi connectivity index (χ3n) is 2.76. The first kappa shape index (κ1) is 20.4. The fourth-order valence-corrected chi connectivity index (χ4v) is 2.59. The Morgan fingerprint density at radius 2 is 1.96 bits per heavy atom. The van der Waals surface area contributed by atoms with E-state index in [-0.39, 0.29) is 85.5 Å². The van der Waals surface area contributed by atoms with E-state index >= 15 is 0 Å². The van der Waals surface area contributed by atoms with Gasteiger partial charge in [-0.2, -0.15) is 0 Å². The molecule has 1 heterocycles. The predicted molar refractivity (Wildman–Crippen MR) is 74.4 cm³/mol. The zero-order valence-corrected chi connectivity index (χ0v) is 16.2. The summed E-state index contributed by atoms with van der Waals surface area (Å²) in [6.45, 7) is 0. The van der Waals surface area contributed by atoms with E-state index in [4.69, 9.17) is 0 Å². The van der Waals surface area contributed by atoms with Gasteiger partial charge in [-0.15, -0.1) is 0 Å². The second-order valence-corrected chi connectivity index (χ2v) is 5.35. The van der Waals surface area contributed by atoms with E-state index in [2.05, 4.69) is 4.98 Å². The van der Waals surface area contributed by atoms with Gasteiger partial charge >= 0.3 is 51.4 Å². The monoisotopic (exact) mass is 361 g/mol. The summed E-state index contributed by atoms with van der Waals surface area (Å²) in [5, 5.41) is 11.0. The number of carbonyl (C=O) groups excluding carboxylic acids is 2. The second kappa shape index (κ2) is 9.60. The minimum absolute atomic E-state index is 0. The van der Waals surface area contributed by atoms with Gasteiger partial charge in [0.25, 0.3) is 0 Å². The van der Waals surface area contributed by atoms with Crippen LogP contribution in [0.4, 0.5) is 8.78 Å². The van der Waals surface area contributed by atoms with Crippen molar-refractivity contribution < 1.29 is 74.9 Å². The first-order chi connectivity index (χ1) is 10.5. The molecule has 1 aromatic heterocycles. The molecule has 0 aliphatic carbocycles. The molecule has 0 spiro atoms. The van der Waals surface area contributed by atoms with E-state index in [0.29, 0.717) is 0 Å². The molecule has 0 aliphatic rings. The van der Waals surface area contributed by atoms with Crippen LogP contribution in [-0.2, 0) is 11.2 Å². The van der Waals surface area contributed by atoms with Gasteiger partial charge in [-0.1, -0.05) is 11.8 Å². The largest absolute Gasteiger partial charge is 1.00 e. The van der Waals surface area contributed by atoms with Gasteiger partial charge in [-0.3, -0.25) is 4.79 Å². The summed E-state index contributed by atoms with van der Waals surface area (Å²) < 4.78 is 26.5. The normalized spacial score (nSPS) is 10.0. The number of thioether (sulfide) groups is 1. The molecule has 0 saturated heterocycles. The van der Waals surface area contributed by atoms with Crippen molar-refractivity contribution in [2.75, 3.05) is 5.75 Å². The average Bonchev–Trinajstić information content (AvgIpc) is 2.49. The van der Waals surface area contributed by atoms with Crippen LogP contribution >= 0.6 is 11.8 Å². The van der Waals surface area contributed by atoms with Crippen molar-refractivity contribution in [1.82, 2.24) is 4.98 Å². The van der Waals surface area contributed by atoms with Gasteiger partial charge in [-0.05, 0) is 35.9 Å². The van der Waals surface area contributed by atoms with Crippen molar-refractivity contribution in [1.29, 1.82) is 0 Å².